The van der Waals surface area contributed by atoms with Gasteiger partial charge in [-0.25, -0.2) is 0 Å². The molecular weight excluding hydrogens is 235 g/mol. The number of amides is 1. The molecule has 0 radical (unpaired) electrons. The Labute approximate surface area is 78.7 Å². The average molecular weight is 239 g/mol. The quantitative estimate of drug-likeness (QED) is 0.446. The molecule has 15 heavy (non-hydrogen) atoms. The van der Waals surface area contributed by atoms with E-state index in [1.165, 1.54) is 0 Å². The van der Waals surface area contributed by atoms with Crippen LogP contribution in [0.3, 0.4) is 0 Å². The summed E-state index contributed by atoms with van der Waals surface area (Å²) in [6.07, 6.45) is -12.5. The number of hydrogen-bond acceptors (Lipinski definition) is 1. The van der Waals surface area contributed by atoms with E-state index in [2.05, 4.69) is 6.58 Å². The summed E-state index contributed by atoms with van der Waals surface area (Å²) in [6, 6.07) is 0. The monoisotopic (exact) mass is 239 g/mol. The highest BCUT2D eigenvalue weighted by molar-refractivity contribution is 5.87. The van der Waals surface area contributed by atoms with Crippen molar-refractivity contribution in [2.75, 3.05) is 0 Å². The van der Waals surface area contributed by atoms with Crippen LogP contribution in [0.2, 0.25) is 0 Å². The molecule has 2 nitrogen and oxygen atoms in total. The average Bonchev–Trinajstić information content (AvgIpc) is 1.99. The molecule has 0 saturated heterocycles. The second kappa shape index (κ2) is 3.70. The van der Waals surface area contributed by atoms with Gasteiger partial charge < -0.3 is 5.32 Å². The summed E-state index contributed by atoms with van der Waals surface area (Å²) in [5.41, 5.74) is 0. The first-order chi connectivity index (χ1) is 6.45. The third-order valence-corrected chi connectivity index (χ3v) is 1.26. The molecule has 0 aromatic rings. The molecule has 88 valence electrons. The van der Waals surface area contributed by atoms with E-state index in [0.29, 0.717) is 0 Å². The van der Waals surface area contributed by atoms with E-state index in [0.717, 1.165) is 0 Å². The van der Waals surface area contributed by atoms with Crippen molar-refractivity contribution in [2.45, 2.75) is 18.1 Å². The summed E-state index contributed by atoms with van der Waals surface area (Å²) < 4.78 is 83.1. The van der Waals surface area contributed by atoms with Crippen LogP contribution in [0.15, 0.2) is 12.7 Å². The van der Waals surface area contributed by atoms with Gasteiger partial charge >= 0.3 is 18.1 Å². The van der Waals surface area contributed by atoms with Gasteiger partial charge in [0.05, 0.1) is 0 Å². The van der Waals surface area contributed by atoms with Crippen LogP contribution in [0.25, 0.3) is 0 Å². The smallest absolute Gasteiger partial charge is 0.305 e. The van der Waals surface area contributed by atoms with Crippen molar-refractivity contribution in [3.63, 3.8) is 0 Å². The van der Waals surface area contributed by atoms with Crippen molar-refractivity contribution in [2.24, 2.45) is 0 Å². The topological polar surface area (TPSA) is 29.1 Å². The second-order valence-corrected chi connectivity index (χ2v) is 2.35. The Morgan fingerprint density at radius 1 is 1.00 bits per heavy atom. The van der Waals surface area contributed by atoms with Crippen molar-refractivity contribution < 1.29 is 35.5 Å². The minimum Gasteiger partial charge on any atom is -0.305 e. The van der Waals surface area contributed by atoms with E-state index in [9.17, 15) is 35.5 Å². The van der Waals surface area contributed by atoms with Crippen molar-refractivity contribution >= 4 is 5.91 Å². The molecule has 0 bridgehead atoms. The summed E-state index contributed by atoms with van der Waals surface area (Å²) >= 11 is 0. The van der Waals surface area contributed by atoms with Gasteiger partial charge in [-0.3, -0.25) is 4.79 Å². The van der Waals surface area contributed by atoms with Gasteiger partial charge in [0, 0.05) is 0 Å². The van der Waals surface area contributed by atoms with Crippen molar-refractivity contribution in [3.05, 3.63) is 12.7 Å². The Kier molecular flexibility index (Phi) is 3.39. The molecule has 0 atom stereocenters. The highest BCUT2D eigenvalue weighted by Crippen LogP contribution is 2.44. The van der Waals surface area contributed by atoms with Crippen LogP contribution in [0, 0.1) is 0 Å². The number of halogens is 7. The molecule has 0 aliphatic rings. The largest absolute Gasteiger partial charge is 0.451 e. The highest BCUT2D eigenvalue weighted by atomic mass is 19.4. The lowest BCUT2D eigenvalue weighted by atomic mass is 10.2. The number of carbonyl (C=O) groups excluding carboxylic acids is 1. The lowest BCUT2D eigenvalue weighted by molar-refractivity contribution is -0.349. The van der Waals surface area contributed by atoms with Crippen LogP contribution in [0.4, 0.5) is 30.7 Å². The molecule has 0 spiro atoms. The van der Waals surface area contributed by atoms with E-state index in [-0.39, 0.29) is 11.4 Å². The molecule has 1 N–H and O–H groups in total. The standard InChI is InChI=1S/C6H4F7NO/c1-2-3(15)14-4(7,5(8,9)10)6(11,12)13/h2H,1H2,(H,14,15). The van der Waals surface area contributed by atoms with Gasteiger partial charge in [0.25, 0.3) is 0 Å². The van der Waals surface area contributed by atoms with Crippen LogP contribution in [0.5, 0.6) is 0 Å². The summed E-state index contributed by atoms with van der Waals surface area (Å²) in [5.74, 6) is -7.70. The molecule has 0 fully saturated rings. The van der Waals surface area contributed by atoms with Gasteiger partial charge in [-0.15, -0.1) is 0 Å². The van der Waals surface area contributed by atoms with E-state index >= 15 is 0 Å². The van der Waals surface area contributed by atoms with Crippen LogP contribution in [0.1, 0.15) is 0 Å². The fraction of sp³-hybridized carbons (Fsp3) is 0.500. The molecule has 9 heteroatoms. The second-order valence-electron chi connectivity index (χ2n) is 2.35. The maximum atomic E-state index is 12.6. The molecule has 1 amide bonds. The van der Waals surface area contributed by atoms with Gasteiger partial charge in [-0.05, 0) is 6.08 Å². The first kappa shape index (κ1) is 13.7. The summed E-state index contributed by atoms with van der Waals surface area (Å²) in [6.45, 7) is 2.60. The molecular formula is C6H4F7NO. The molecule has 0 saturated carbocycles. The minimum atomic E-state index is -6.30. The number of alkyl halides is 7. The molecule has 0 unspecified atom stereocenters. The molecule has 0 aliphatic carbocycles. The van der Waals surface area contributed by atoms with Crippen molar-refractivity contribution in [1.29, 1.82) is 0 Å². The predicted molar refractivity (Wildman–Crippen MR) is 34.3 cm³/mol. The minimum absolute atomic E-state index is 0.0891. The van der Waals surface area contributed by atoms with Crippen LogP contribution >= 0.6 is 0 Å². The normalized spacial score (nSPS) is 13.5. The van der Waals surface area contributed by atoms with Crippen LogP contribution in [-0.2, 0) is 4.79 Å². The molecule has 0 aromatic carbocycles. The summed E-state index contributed by atoms with van der Waals surface area (Å²) in [5, 5.41) is 0.149. The Balaban J connectivity index is 5.24. The van der Waals surface area contributed by atoms with Gasteiger partial charge in [-0.2, -0.15) is 30.7 Å². The van der Waals surface area contributed by atoms with Crippen molar-refractivity contribution in [1.82, 2.24) is 5.32 Å². The zero-order valence-electron chi connectivity index (χ0n) is 6.84. The molecule has 0 rings (SSSR count). The molecule has 0 aromatic heterocycles. The van der Waals surface area contributed by atoms with E-state index < -0.39 is 24.1 Å². The Morgan fingerprint density at radius 2 is 1.33 bits per heavy atom. The first-order valence-corrected chi connectivity index (χ1v) is 3.22. The SMILES string of the molecule is C=CC(=O)NC(F)(C(F)(F)F)C(F)(F)F. The van der Waals surface area contributed by atoms with E-state index in [1.54, 1.807) is 0 Å². The number of nitrogens with one attached hydrogen (secondary N) is 1. The lowest BCUT2D eigenvalue weighted by Crippen LogP contribution is -2.64. The molecule has 0 heterocycles. The maximum absolute atomic E-state index is 12.6. The van der Waals surface area contributed by atoms with Crippen molar-refractivity contribution in [3.8, 4) is 0 Å². The maximum Gasteiger partial charge on any atom is 0.451 e. The molecule has 0 aliphatic heterocycles. The predicted octanol–water partition coefficient (Wildman–Crippen LogP) is 2.08. The lowest BCUT2D eigenvalue weighted by Gasteiger charge is -2.29. The number of rotatable bonds is 2. The first-order valence-electron chi connectivity index (χ1n) is 3.22. The van der Waals surface area contributed by atoms with E-state index in [1.807, 2.05) is 0 Å². The van der Waals surface area contributed by atoms with Crippen LogP contribution < -0.4 is 5.32 Å². The van der Waals surface area contributed by atoms with Gasteiger partial charge in [0.1, 0.15) is 0 Å². The zero-order chi connectivity index (χ0) is 12.5. The highest BCUT2D eigenvalue weighted by Gasteiger charge is 2.73. The fourth-order valence-corrected chi connectivity index (χ4v) is 0.523. The summed E-state index contributed by atoms with van der Waals surface area (Å²) in [4.78, 5) is 10.3. The number of hydrogen-bond donors (Lipinski definition) is 1. The van der Waals surface area contributed by atoms with Gasteiger partial charge in [-0.1, -0.05) is 6.58 Å². The van der Waals surface area contributed by atoms with Crippen LogP contribution in [-0.4, -0.2) is 24.1 Å². The van der Waals surface area contributed by atoms with Gasteiger partial charge in [0.2, 0.25) is 5.91 Å². The Morgan fingerprint density at radius 3 is 1.53 bits per heavy atom. The number of carbonyl (C=O) groups is 1. The Bertz CT molecular complexity index is 252. The Hall–Kier alpha value is -1.28. The van der Waals surface area contributed by atoms with Gasteiger partial charge in [0.15, 0.2) is 0 Å². The summed E-state index contributed by atoms with van der Waals surface area (Å²) in [7, 11) is 0. The third kappa shape index (κ3) is 2.60. The zero-order valence-corrected chi connectivity index (χ0v) is 6.84. The third-order valence-electron chi connectivity index (χ3n) is 1.26. The van der Waals surface area contributed by atoms with E-state index in [4.69, 9.17) is 0 Å². The fourth-order valence-electron chi connectivity index (χ4n) is 0.523.